The molecule has 0 aliphatic heterocycles. The molecule has 0 bridgehead atoms. The zero-order chi connectivity index (χ0) is 20.3. The summed E-state index contributed by atoms with van der Waals surface area (Å²) in [6.45, 7) is 1.77. The summed E-state index contributed by atoms with van der Waals surface area (Å²) in [6, 6.07) is 14.2. The monoisotopic (exact) mass is 422 g/mol. The minimum atomic E-state index is -0.384. The van der Waals surface area contributed by atoms with Gasteiger partial charge in [-0.25, -0.2) is 0 Å². The van der Waals surface area contributed by atoms with Gasteiger partial charge in [-0.1, -0.05) is 41.4 Å². The highest BCUT2D eigenvalue weighted by Gasteiger charge is 2.34. The lowest BCUT2D eigenvalue weighted by atomic mass is 10.1. The maximum Gasteiger partial charge on any atom is 0.197 e. The van der Waals surface area contributed by atoms with Gasteiger partial charge in [0.1, 0.15) is 0 Å². The Hall–Kier alpha value is -3.15. The normalized spacial score (nSPS) is 13.4. The maximum absolute atomic E-state index is 12.9. The lowest BCUT2D eigenvalue weighted by Crippen LogP contribution is -2.03. The average Bonchev–Trinajstić information content (AvgIpc) is 3.28. The van der Waals surface area contributed by atoms with E-state index in [1.807, 2.05) is 34.9 Å². The third-order valence-corrected chi connectivity index (χ3v) is 5.56. The molecular weight excluding hydrogens is 411 g/mol. The van der Waals surface area contributed by atoms with Crippen molar-refractivity contribution in [1.82, 2.24) is 9.55 Å². The number of halogens is 2. The van der Waals surface area contributed by atoms with Crippen LogP contribution >= 0.6 is 23.2 Å². The molecular formula is C22H12Cl2N2O3. The van der Waals surface area contributed by atoms with Crippen molar-refractivity contribution in [2.75, 3.05) is 0 Å². The summed E-state index contributed by atoms with van der Waals surface area (Å²) in [5.74, 6) is -0.237. The molecule has 7 heteroatoms. The van der Waals surface area contributed by atoms with Crippen molar-refractivity contribution in [3.8, 4) is 5.69 Å². The molecule has 2 heterocycles. The van der Waals surface area contributed by atoms with Crippen molar-refractivity contribution >= 4 is 52.1 Å². The zero-order valence-corrected chi connectivity index (χ0v) is 16.6. The first-order valence-corrected chi connectivity index (χ1v) is 9.54. The van der Waals surface area contributed by atoms with Crippen LogP contribution in [-0.4, -0.2) is 21.1 Å². The molecule has 0 radical (unpaired) electrons. The number of Topliss-reactive ketones (excluding diaryl/α,β-unsaturated/α-hetero) is 2. The van der Waals surface area contributed by atoms with Crippen LogP contribution in [0.1, 0.15) is 32.3 Å². The molecule has 5 nitrogen and oxygen atoms in total. The van der Waals surface area contributed by atoms with E-state index in [1.165, 1.54) is 12.1 Å². The van der Waals surface area contributed by atoms with Crippen LogP contribution in [-0.2, 0) is 0 Å². The second-order valence-electron chi connectivity index (χ2n) is 6.69. The van der Waals surface area contributed by atoms with E-state index < -0.39 is 0 Å². The van der Waals surface area contributed by atoms with Gasteiger partial charge >= 0.3 is 0 Å². The second-order valence-corrected chi connectivity index (χ2v) is 7.50. The van der Waals surface area contributed by atoms with E-state index in [4.69, 9.17) is 27.6 Å². The first kappa shape index (κ1) is 17.9. The van der Waals surface area contributed by atoms with Crippen molar-refractivity contribution in [2.45, 2.75) is 6.92 Å². The second kappa shape index (κ2) is 6.44. The molecule has 2 aromatic carbocycles. The summed E-state index contributed by atoms with van der Waals surface area (Å²) in [5.41, 5.74) is 3.19. The number of ketones is 2. The topological polar surface area (TPSA) is 65.1 Å². The number of nitrogens with zero attached hydrogens (tertiary/aromatic N) is 2. The number of rotatable bonds is 2. The van der Waals surface area contributed by atoms with Crippen molar-refractivity contribution < 1.29 is 14.0 Å². The molecule has 0 saturated carbocycles. The molecule has 0 amide bonds. The first-order chi connectivity index (χ1) is 13.9. The van der Waals surface area contributed by atoms with Crippen LogP contribution in [0.5, 0.6) is 0 Å². The Bertz CT molecular complexity index is 1320. The fourth-order valence-electron chi connectivity index (χ4n) is 3.56. The van der Waals surface area contributed by atoms with Crippen molar-refractivity contribution in [3.63, 3.8) is 0 Å². The molecule has 0 saturated heterocycles. The fourth-order valence-corrected chi connectivity index (χ4v) is 3.88. The highest BCUT2D eigenvalue weighted by molar-refractivity contribution is 6.46. The van der Waals surface area contributed by atoms with Crippen LogP contribution in [0.4, 0.5) is 0 Å². The number of aryl methyl sites for hydroxylation is 1. The molecule has 4 aromatic rings. The molecule has 2 aromatic heterocycles. The van der Waals surface area contributed by atoms with E-state index in [2.05, 4.69) is 4.98 Å². The van der Waals surface area contributed by atoms with Gasteiger partial charge in [0.2, 0.25) is 0 Å². The number of benzene rings is 2. The number of hydrogen-bond donors (Lipinski definition) is 0. The first-order valence-electron chi connectivity index (χ1n) is 8.78. The Labute approximate surface area is 175 Å². The summed E-state index contributed by atoms with van der Waals surface area (Å²) in [5, 5.41) is 0.468. The SMILES string of the molecule is Cc1nc2c(cc(C=C3C(=O)c4cc(Cl)c(Cl)cc4C3=O)n2-c2ccccc2)o1. The molecule has 142 valence electrons. The molecule has 0 N–H and O–H groups in total. The largest absolute Gasteiger partial charge is 0.439 e. The van der Waals surface area contributed by atoms with Crippen molar-refractivity contribution in [2.24, 2.45) is 0 Å². The van der Waals surface area contributed by atoms with E-state index in [0.29, 0.717) is 22.8 Å². The number of oxazole rings is 1. The standard InChI is InChI=1S/C22H12Cl2N2O3/c1-11-25-22-19(29-11)8-13(26(22)12-5-3-2-4-6-12)7-16-20(27)14-9-17(23)18(24)10-15(14)21(16)28/h2-10H,1H3. The number of carbonyl (C=O) groups excluding carboxylic acids is 2. The van der Waals surface area contributed by atoms with E-state index in [-0.39, 0.29) is 38.3 Å². The summed E-state index contributed by atoms with van der Waals surface area (Å²) < 4.78 is 7.51. The van der Waals surface area contributed by atoms with E-state index in [9.17, 15) is 9.59 Å². The van der Waals surface area contributed by atoms with Gasteiger partial charge in [0.25, 0.3) is 0 Å². The number of para-hydroxylation sites is 1. The molecule has 5 rings (SSSR count). The zero-order valence-electron chi connectivity index (χ0n) is 15.1. The van der Waals surface area contributed by atoms with Crippen molar-refractivity contribution in [3.05, 3.63) is 86.9 Å². The predicted octanol–water partition coefficient (Wildman–Crippen LogP) is 5.70. The molecule has 0 unspecified atom stereocenters. The Morgan fingerprint density at radius 2 is 1.59 bits per heavy atom. The van der Waals surface area contributed by atoms with Crippen LogP contribution in [0, 0.1) is 6.92 Å². The van der Waals surface area contributed by atoms with Gasteiger partial charge in [-0.2, -0.15) is 4.98 Å². The van der Waals surface area contributed by atoms with E-state index in [1.54, 1.807) is 19.1 Å². The smallest absolute Gasteiger partial charge is 0.197 e. The summed E-state index contributed by atoms with van der Waals surface area (Å²) in [4.78, 5) is 30.2. The summed E-state index contributed by atoms with van der Waals surface area (Å²) >= 11 is 12.1. The molecule has 1 aliphatic rings. The van der Waals surface area contributed by atoms with Gasteiger partial charge in [0.15, 0.2) is 28.7 Å². The summed E-state index contributed by atoms with van der Waals surface area (Å²) in [7, 11) is 0. The van der Waals surface area contributed by atoms with Gasteiger partial charge in [-0.15, -0.1) is 0 Å². The van der Waals surface area contributed by atoms with Crippen LogP contribution in [0.3, 0.4) is 0 Å². The van der Waals surface area contributed by atoms with Crippen LogP contribution in [0.25, 0.3) is 23.0 Å². The van der Waals surface area contributed by atoms with Crippen LogP contribution in [0.15, 0.2) is 58.5 Å². The fraction of sp³-hybridized carbons (Fsp3) is 0.0455. The van der Waals surface area contributed by atoms with E-state index in [0.717, 1.165) is 5.69 Å². The Morgan fingerprint density at radius 3 is 2.21 bits per heavy atom. The number of hydrogen-bond acceptors (Lipinski definition) is 4. The van der Waals surface area contributed by atoms with Gasteiger partial charge in [-0.3, -0.25) is 14.2 Å². The molecule has 0 fully saturated rings. The average molecular weight is 423 g/mol. The lowest BCUT2D eigenvalue weighted by Gasteiger charge is -2.07. The number of carbonyl (C=O) groups is 2. The molecule has 0 spiro atoms. The maximum atomic E-state index is 12.9. The van der Waals surface area contributed by atoms with Crippen molar-refractivity contribution in [1.29, 1.82) is 0 Å². The Balaban J connectivity index is 1.71. The quantitative estimate of drug-likeness (QED) is 0.307. The predicted molar refractivity (Wildman–Crippen MR) is 111 cm³/mol. The molecule has 0 atom stereocenters. The van der Waals surface area contributed by atoms with Crippen LogP contribution < -0.4 is 0 Å². The number of fused-ring (bicyclic) bond motifs is 2. The third-order valence-electron chi connectivity index (χ3n) is 4.84. The summed E-state index contributed by atoms with van der Waals surface area (Å²) in [6.07, 6.45) is 1.56. The third kappa shape index (κ3) is 2.74. The van der Waals surface area contributed by atoms with Gasteiger partial charge in [0.05, 0.1) is 21.3 Å². The van der Waals surface area contributed by atoms with Gasteiger partial charge < -0.3 is 4.42 Å². The minimum absolute atomic E-state index is 0.0485. The van der Waals surface area contributed by atoms with E-state index >= 15 is 0 Å². The molecule has 29 heavy (non-hydrogen) atoms. The van der Waals surface area contributed by atoms with Gasteiger partial charge in [0, 0.05) is 29.8 Å². The Morgan fingerprint density at radius 1 is 0.966 bits per heavy atom. The highest BCUT2D eigenvalue weighted by Crippen LogP contribution is 2.35. The minimum Gasteiger partial charge on any atom is -0.439 e. The lowest BCUT2D eigenvalue weighted by molar-refractivity contribution is 0.0990. The number of aromatic nitrogens is 2. The van der Waals surface area contributed by atoms with Crippen LogP contribution in [0.2, 0.25) is 10.0 Å². The van der Waals surface area contributed by atoms with Gasteiger partial charge in [-0.05, 0) is 30.3 Å². The number of allylic oxidation sites excluding steroid dienone is 1. The highest BCUT2D eigenvalue weighted by atomic mass is 35.5. The molecule has 1 aliphatic carbocycles. The Kier molecular flexibility index (Phi) is 3.98.